The molecular formula is C11H16N2O2S. The molecular weight excluding hydrogens is 224 g/mol. The summed E-state index contributed by atoms with van der Waals surface area (Å²) < 4.78 is 0. The molecule has 1 aromatic rings. The molecule has 1 aromatic heterocycles. The Bertz CT molecular complexity index is 404. The first-order valence-electron chi connectivity index (χ1n) is 5.34. The summed E-state index contributed by atoms with van der Waals surface area (Å²) in [7, 11) is 0. The van der Waals surface area contributed by atoms with Gasteiger partial charge in [-0.05, 0) is 44.2 Å². The van der Waals surface area contributed by atoms with E-state index in [9.17, 15) is 10.0 Å². The minimum Gasteiger partial charge on any atom is -0.350 e. The molecule has 2 rings (SSSR count). The quantitative estimate of drug-likeness (QED) is 0.629. The summed E-state index contributed by atoms with van der Waals surface area (Å²) in [5.41, 5.74) is 5.03. The van der Waals surface area contributed by atoms with E-state index in [-0.39, 0.29) is 6.04 Å². The molecule has 1 unspecified atom stereocenters. The summed E-state index contributed by atoms with van der Waals surface area (Å²) in [5, 5.41) is 10.1. The minimum absolute atomic E-state index is 0.204. The molecule has 0 aromatic carbocycles. The Morgan fingerprint density at radius 2 is 2.38 bits per heavy atom. The molecule has 0 aliphatic heterocycles. The Balaban J connectivity index is 1.98. The van der Waals surface area contributed by atoms with Gasteiger partial charge in [-0.2, -0.15) is 0 Å². The summed E-state index contributed by atoms with van der Waals surface area (Å²) in [6.07, 6.45) is 1.02. The van der Waals surface area contributed by atoms with E-state index in [1.54, 1.807) is 11.3 Å². The first kappa shape index (κ1) is 11.4. The topological polar surface area (TPSA) is 66.6 Å². The molecule has 2 amide bonds. The predicted molar refractivity (Wildman–Crippen MR) is 62.6 cm³/mol. The maximum atomic E-state index is 10.8. The van der Waals surface area contributed by atoms with Crippen molar-refractivity contribution in [3.8, 4) is 0 Å². The van der Waals surface area contributed by atoms with E-state index in [0.29, 0.717) is 16.9 Å². The van der Waals surface area contributed by atoms with Crippen LogP contribution in [0.4, 0.5) is 4.79 Å². The third kappa shape index (κ3) is 2.05. The van der Waals surface area contributed by atoms with Crippen LogP contribution in [0.2, 0.25) is 0 Å². The fraction of sp³-hybridized carbons (Fsp3) is 0.545. The van der Waals surface area contributed by atoms with Gasteiger partial charge in [0.1, 0.15) is 0 Å². The van der Waals surface area contributed by atoms with Crippen molar-refractivity contribution >= 4 is 17.4 Å². The van der Waals surface area contributed by atoms with Crippen molar-refractivity contribution in [2.24, 2.45) is 11.7 Å². The molecule has 5 heteroatoms. The van der Waals surface area contributed by atoms with Gasteiger partial charge in [0.15, 0.2) is 0 Å². The van der Waals surface area contributed by atoms with Crippen molar-refractivity contribution in [3.05, 3.63) is 21.9 Å². The van der Waals surface area contributed by atoms with Crippen LogP contribution in [0, 0.1) is 12.8 Å². The van der Waals surface area contributed by atoms with Gasteiger partial charge in [-0.15, -0.1) is 11.3 Å². The van der Waals surface area contributed by atoms with Crippen LogP contribution in [0.25, 0.3) is 0 Å². The van der Waals surface area contributed by atoms with Gasteiger partial charge < -0.3 is 5.73 Å². The molecule has 3 N–H and O–H groups in total. The summed E-state index contributed by atoms with van der Waals surface area (Å²) in [6.45, 7) is 3.91. The zero-order chi connectivity index (χ0) is 11.9. The highest BCUT2D eigenvalue weighted by atomic mass is 32.1. The van der Waals surface area contributed by atoms with E-state index >= 15 is 0 Å². The third-order valence-corrected chi connectivity index (χ3v) is 4.33. The van der Waals surface area contributed by atoms with Gasteiger partial charge in [-0.25, -0.2) is 9.86 Å². The lowest BCUT2D eigenvalue weighted by Gasteiger charge is -2.20. The molecule has 16 heavy (non-hydrogen) atoms. The lowest BCUT2D eigenvalue weighted by Crippen LogP contribution is -2.40. The summed E-state index contributed by atoms with van der Waals surface area (Å²) in [4.78, 5) is 13.5. The molecule has 1 aliphatic carbocycles. The predicted octanol–water partition coefficient (Wildman–Crippen LogP) is 2.32. The van der Waals surface area contributed by atoms with Crippen LogP contribution in [0.1, 0.15) is 29.0 Å². The van der Waals surface area contributed by atoms with E-state index < -0.39 is 6.03 Å². The Labute approximate surface area is 98.6 Å². The van der Waals surface area contributed by atoms with Gasteiger partial charge in [0.2, 0.25) is 0 Å². The molecule has 0 saturated heterocycles. The second kappa shape index (κ2) is 4.07. The Kier molecular flexibility index (Phi) is 2.90. The first-order valence-corrected chi connectivity index (χ1v) is 6.16. The minimum atomic E-state index is -0.777. The summed E-state index contributed by atoms with van der Waals surface area (Å²) in [5.74, 6) is 0.804. The molecule has 4 nitrogen and oxygen atoms in total. The molecule has 88 valence electrons. The fourth-order valence-electron chi connectivity index (χ4n) is 2.11. The third-order valence-electron chi connectivity index (χ3n) is 3.20. The van der Waals surface area contributed by atoms with Gasteiger partial charge in [0, 0.05) is 9.75 Å². The van der Waals surface area contributed by atoms with Gasteiger partial charge in [-0.3, -0.25) is 5.21 Å². The number of carbonyl (C=O) groups excluding carboxylic acids is 1. The van der Waals surface area contributed by atoms with Gasteiger partial charge in [0.05, 0.1) is 6.04 Å². The van der Waals surface area contributed by atoms with Crippen LogP contribution >= 0.6 is 11.3 Å². The Hall–Kier alpha value is -1.07. The SMILES string of the molecule is Cc1ccc([C@@H]2C[C@H]2C(C)N(O)C(N)=O)s1. The summed E-state index contributed by atoms with van der Waals surface area (Å²) >= 11 is 1.78. The number of carbonyl (C=O) groups is 1. The number of nitrogens with two attached hydrogens (primary N) is 1. The van der Waals surface area contributed by atoms with Gasteiger partial charge >= 0.3 is 6.03 Å². The molecule has 0 spiro atoms. The molecule has 0 bridgehead atoms. The number of nitrogens with zero attached hydrogens (tertiary/aromatic N) is 1. The molecule has 1 saturated carbocycles. The zero-order valence-electron chi connectivity index (χ0n) is 9.38. The smallest absolute Gasteiger partial charge is 0.338 e. The maximum absolute atomic E-state index is 10.8. The number of rotatable bonds is 3. The lowest BCUT2D eigenvalue weighted by atomic mass is 10.1. The average molecular weight is 240 g/mol. The number of urea groups is 1. The standard InChI is InChI=1S/C11H16N2O2S/c1-6-3-4-10(16-6)9-5-8(9)7(2)13(15)11(12)14/h3-4,7-9,15H,5H2,1-2H3,(H2,12,14)/t7?,8-,9+/m0/s1. The van der Waals surface area contributed by atoms with Crippen molar-refractivity contribution in [1.29, 1.82) is 0 Å². The van der Waals surface area contributed by atoms with Crippen LogP contribution in [-0.2, 0) is 0 Å². The van der Waals surface area contributed by atoms with Crippen LogP contribution in [0.3, 0.4) is 0 Å². The molecule has 1 heterocycles. The number of hydrogen-bond acceptors (Lipinski definition) is 3. The van der Waals surface area contributed by atoms with E-state index in [2.05, 4.69) is 19.1 Å². The highest BCUT2D eigenvalue weighted by Gasteiger charge is 2.45. The second-order valence-corrected chi connectivity index (χ2v) is 5.70. The van der Waals surface area contributed by atoms with Crippen LogP contribution < -0.4 is 5.73 Å². The van der Waals surface area contributed by atoms with Crippen LogP contribution in [0.15, 0.2) is 12.1 Å². The van der Waals surface area contributed by atoms with Crippen molar-refractivity contribution in [2.45, 2.75) is 32.2 Å². The number of thiophene rings is 1. The Morgan fingerprint density at radius 3 is 2.88 bits per heavy atom. The van der Waals surface area contributed by atoms with Crippen molar-refractivity contribution in [2.75, 3.05) is 0 Å². The molecule has 1 aliphatic rings. The van der Waals surface area contributed by atoms with E-state index in [1.165, 1.54) is 9.75 Å². The normalized spacial score (nSPS) is 25.2. The lowest BCUT2D eigenvalue weighted by molar-refractivity contribution is -0.0759. The second-order valence-electron chi connectivity index (χ2n) is 4.38. The Morgan fingerprint density at radius 1 is 1.69 bits per heavy atom. The maximum Gasteiger partial charge on any atom is 0.338 e. The van der Waals surface area contributed by atoms with Crippen molar-refractivity contribution < 1.29 is 10.0 Å². The average Bonchev–Trinajstić information content (AvgIpc) is 2.92. The zero-order valence-corrected chi connectivity index (χ0v) is 10.2. The monoisotopic (exact) mass is 240 g/mol. The van der Waals surface area contributed by atoms with E-state index in [1.807, 2.05) is 6.92 Å². The van der Waals surface area contributed by atoms with E-state index in [0.717, 1.165) is 6.42 Å². The van der Waals surface area contributed by atoms with Gasteiger partial charge in [0.25, 0.3) is 0 Å². The van der Waals surface area contributed by atoms with Crippen LogP contribution in [0.5, 0.6) is 0 Å². The van der Waals surface area contributed by atoms with Gasteiger partial charge in [-0.1, -0.05) is 0 Å². The highest BCUT2D eigenvalue weighted by molar-refractivity contribution is 7.12. The largest absolute Gasteiger partial charge is 0.350 e. The number of amides is 2. The highest BCUT2D eigenvalue weighted by Crippen LogP contribution is 2.52. The number of hydrogen-bond donors (Lipinski definition) is 2. The number of aryl methyl sites for hydroxylation is 1. The number of primary amides is 1. The fourth-order valence-corrected chi connectivity index (χ4v) is 3.18. The van der Waals surface area contributed by atoms with Crippen molar-refractivity contribution in [1.82, 2.24) is 5.06 Å². The molecule has 1 fully saturated rings. The number of hydroxylamine groups is 2. The first-order chi connectivity index (χ1) is 7.50. The summed E-state index contributed by atoms with van der Waals surface area (Å²) in [6, 6.07) is 3.25. The van der Waals surface area contributed by atoms with Crippen molar-refractivity contribution in [3.63, 3.8) is 0 Å². The molecule has 3 atom stereocenters. The van der Waals surface area contributed by atoms with Crippen LogP contribution in [-0.4, -0.2) is 22.3 Å². The molecule has 0 radical (unpaired) electrons. The van der Waals surface area contributed by atoms with E-state index in [4.69, 9.17) is 5.73 Å².